The molecule has 0 aliphatic carbocycles. The fraction of sp³-hybridized carbons (Fsp3) is 0.538. The van der Waals surface area contributed by atoms with Crippen molar-refractivity contribution in [2.45, 2.75) is 45.8 Å². The van der Waals surface area contributed by atoms with Gasteiger partial charge in [-0.1, -0.05) is 13.3 Å². The molecule has 1 aromatic heterocycles. The Bertz CT molecular complexity index is 394. The first-order chi connectivity index (χ1) is 8.54. The number of ether oxygens (including phenoxy) is 1. The Labute approximate surface area is 108 Å². The van der Waals surface area contributed by atoms with E-state index in [1.807, 2.05) is 20.8 Å². The first kappa shape index (κ1) is 14.4. The summed E-state index contributed by atoms with van der Waals surface area (Å²) >= 11 is 0. The Hall–Kier alpha value is -1.62. The van der Waals surface area contributed by atoms with E-state index in [2.05, 4.69) is 10.3 Å². The summed E-state index contributed by atoms with van der Waals surface area (Å²) in [5.74, 6) is 0.211. The maximum Gasteiger partial charge on any atom is 0.241 e. The predicted molar refractivity (Wildman–Crippen MR) is 71.5 cm³/mol. The minimum Gasteiger partial charge on any atom is -0.473 e. The first-order valence-corrected chi connectivity index (χ1v) is 6.22. The van der Waals surface area contributed by atoms with Gasteiger partial charge < -0.3 is 15.8 Å². The molecule has 100 valence electrons. The molecule has 5 heteroatoms. The van der Waals surface area contributed by atoms with E-state index in [1.165, 1.54) is 0 Å². The van der Waals surface area contributed by atoms with Gasteiger partial charge in [0.05, 0.1) is 12.1 Å². The molecular formula is C13H21N3O2. The lowest BCUT2D eigenvalue weighted by molar-refractivity contribution is -0.117. The SMILES string of the molecule is CCC[C@@H](N)C(=O)Nc1cccnc1OC(C)C. The third-order valence-electron chi connectivity index (χ3n) is 2.31. The lowest BCUT2D eigenvalue weighted by Crippen LogP contribution is -2.35. The molecule has 1 heterocycles. The van der Waals surface area contributed by atoms with Crippen molar-refractivity contribution >= 4 is 11.6 Å². The molecule has 0 spiro atoms. The van der Waals surface area contributed by atoms with Crippen LogP contribution in [0.25, 0.3) is 0 Å². The van der Waals surface area contributed by atoms with Crippen molar-refractivity contribution in [1.82, 2.24) is 4.98 Å². The summed E-state index contributed by atoms with van der Waals surface area (Å²) in [6.45, 7) is 5.80. The average molecular weight is 251 g/mol. The van der Waals surface area contributed by atoms with Gasteiger partial charge in [-0.25, -0.2) is 4.98 Å². The fourth-order valence-corrected chi connectivity index (χ4v) is 1.47. The predicted octanol–water partition coefficient (Wildman–Crippen LogP) is 1.93. The molecule has 18 heavy (non-hydrogen) atoms. The van der Waals surface area contributed by atoms with Gasteiger partial charge >= 0.3 is 0 Å². The highest BCUT2D eigenvalue weighted by Crippen LogP contribution is 2.21. The Balaban J connectivity index is 2.74. The van der Waals surface area contributed by atoms with Gasteiger partial charge in [0.15, 0.2) is 0 Å². The van der Waals surface area contributed by atoms with Gasteiger partial charge in [0, 0.05) is 6.20 Å². The summed E-state index contributed by atoms with van der Waals surface area (Å²) < 4.78 is 5.52. The number of nitrogens with zero attached hydrogens (tertiary/aromatic N) is 1. The summed E-state index contributed by atoms with van der Waals surface area (Å²) in [7, 11) is 0. The maximum absolute atomic E-state index is 11.8. The molecule has 1 aromatic rings. The standard InChI is InChI=1S/C13H21N3O2/c1-4-6-10(14)12(17)16-11-7-5-8-15-13(11)18-9(2)3/h5,7-10H,4,6,14H2,1-3H3,(H,16,17)/t10-/m1/s1. The highest BCUT2D eigenvalue weighted by atomic mass is 16.5. The zero-order chi connectivity index (χ0) is 13.5. The number of amides is 1. The smallest absolute Gasteiger partial charge is 0.241 e. The van der Waals surface area contributed by atoms with Crippen LogP contribution in [0.2, 0.25) is 0 Å². The number of aromatic nitrogens is 1. The lowest BCUT2D eigenvalue weighted by Gasteiger charge is -2.15. The molecule has 0 fully saturated rings. The van der Waals surface area contributed by atoms with Crippen LogP contribution in [0.3, 0.4) is 0 Å². The molecule has 1 atom stereocenters. The van der Waals surface area contributed by atoms with E-state index in [0.29, 0.717) is 18.0 Å². The highest BCUT2D eigenvalue weighted by Gasteiger charge is 2.15. The van der Waals surface area contributed by atoms with Crippen molar-refractivity contribution in [2.75, 3.05) is 5.32 Å². The molecule has 1 amide bonds. The summed E-state index contributed by atoms with van der Waals surface area (Å²) in [4.78, 5) is 15.9. The number of hydrogen-bond donors (Lipinski definition) is 2. The van der Waals surface area contributed by atoms with Gasteiger partial charge in [0.25, 0.3) is 0 Å². The van der Waals surface area contributed by atoms with E-state index in [4.69, 9.17) is 10.5 Å². The zero-order valence-corrected chi connectivity index (χ0v) is 11.1. The summed E-state index contributed by atoms with van der Waals surface area (Å²) in [5.41, 5.74) is 6.31. The number of pyridine rings is 1. The summed E-state index contributed by atoms with van der Waals surface area (Å²) in [5, 5.41) is 2.75. The van der Waals surface area contributed by atoms with Crippen LogP contribution >= 0.6 is 0 Å². The van der Waals surface area contributed by atoms with E-state index in [1.54, 1.807) is 18.3 Å². The van der Waals surface area contributed by atoms with Crippen molar-refractivity contribution in [3.63, 3.8) is 0 Å². The minimum atomic E-state index is -0.498. The van der Waals surface area contributed by atoms with E-state index < -0.39 is 6.04 Å². The lowest BCUT2D eigenvalue weighted by atomic mass is 10.1. The van der Waals surface area contributed by atoms with E-state index in [-0.39, 0.29) is 12.0 Å². The molecule has 0 radical (unpaired) electrons. The molecule has 0 saturated heterocycles. The third-order valence-corrected chi connectivity index (χ3v) is 2.31. The van der Waals surface area contributed by atoms with E-state index >= 15 is 0 Å². The number of carbonyl (C=O) groups excluding carboxylic acids is 1. The number of hydrogen-bond acceptors (Lipinski definition) is 4. The van der Waals surface area contributed by atoms with Crippen LogP contribution in [0.15, 0.2) is 18.3 Å². The van der Waals surface area contributed by atoms with E-state index in [0.717, 1.165) is 6.42 Å². The van der Waals surface area contributed by atoms with Gasteiger partial charge in [-0.05, 0) is 32.4 Å². The number of carbonyl (C=O) groups is 1. The molecule has 0 saturated carbocycles. The number of rotatable bonds is 6. The van der Waals surface area contributed by atoms with Crippen molar-refractivity contribution in [3.05, 3.63) is 18.3 Å². The molecule has 1 rings (SSSR count). The second-order valence-electron chi connectivity index (χ2n) is 4.41. The van der Waals surface area contributed by atoms with Crippen LogP contribution in [-0.2, 0) is 4.79 Å². The average Bonchev–Trinajstić information content (AvgIpc) is 2.31. The van der Waals surface area contributed by atoms with Gasteiger partial charge in [0.1, 0.15) is 5.69 Å². The molecule has 3 N–H and O–H groups in total. The van der Waals surface area contributed by atoms with Crippen LogP contribution in [-0.4, -0.2) is 23.0 Å². The van der Waals surface area contributed by atoms with Gasteiger partial charge in [0.2, 0.25) is 11.8 Å². The van der Waals surface area contributed by atoms with Crippen LogP contribution in [0, 0.1) is 0 Å². The number of nitrogens with two attached hydrogens (primary N) is 1. The first-order valence-electron chi connectivity index (χ1n) is 6.22. The highest BCUT2D eigenvalue weighted by molar-refractivity contribution is 5.95. The minimum absolute atomic E-state index is 0.000123. The molecule has 0 bridgehead atoms. The molecule has 5 nitrogen and oxygen atoms in total. The number of anilines is 1. The summed E-state index contributed by atoms with van der Waals surface area (Å²) in [6.07, 6.45) is 3.16. The van der Waals surface area contributed by atoms with Gasteiger partial charge in [-0.15, -0.1) is 0 Å². The summed E-state index contributed by atoms with van der Waals surface area (Å²) in [6, 6.07) is 3.00. The van der Waals surface area contributed by atoms with Crippen LogP contribution in [0.5, 0.6) is 5.88 Å². The van der Waals surface area contributed by atoms with E-state index in [9.17, 15) is 4.79 Å². The maximum atomic E-state index is 11.8. The van der Waals surface area contributed by atoms with Crippen molar-refractivity contribution in [1.29, 1.82) is 0 Å². The van der Waals surface area contributed by atoms with Crippen LogP contribution in [0.4, 0.5) is 5.69 Å². The molecule has 0 unspecified atom stereocenters. The largest absolute Gasteiger partial charge is 0.473 e. The second kappa shape index (κ2) is 6.96. The number of nitrogens with one attached hydrogen (secondary N) is 1. The van der Waals surface area contributed by atoms with Crippen molar-refractivity contribution in [2.24, 2.45) is 5.73 Å². The zero-order valence-electron chi connectivity index (χ0n) is 11.1. The van der Waals surface area contributed by atoms with Gasteiger partial charge in [-0.2, -0.15) is 0 Å². The Morgan fingerprint density at radius 2 is 2.28 bits per heavy atom. The van der Waals surface area contributed by atoms with Crippen molar-refractivity contribution < 1.29 is 9.53 Å². The monoisotopic (exact) mass is 251 g/mol. The van der Waals surface area contributed by atoms with Crippen LogP contribution in [0.1, 0.15) is 33.6 Å². The quantitative estimate of drug-likeness (QED) is 0.810. The van der Waals surface area contributed by atoms with Crippen LogP contribution < -0.4 is 15.8 Å². The Morgan fingerprint density at radius 3 is 2.89 bits per heavy atom. The fourth-order valence-electron chi connectivity index (χ4n) is 1.47. The molecule has 0 aliphatic heterocycles. The molecule has 0 aromatic carbocycles. The third kappa shape index (κ3) is 4.33. The second-order valence-corrected chi connectivity index (χ2v) is 4.41. The topological polar surface area (TPSA) is 77.2 Å². The Kier molecular flexibility index (Phi) is 5.58. The van der Waals surface area contributed by atoms with Crippen molar-refractivity contribution in [3.8, 4) is 5.88 Å². The molecule has 0 aliphatic rings. The van der Waals surface area contributed by atoms with Gasteiger partial charge in [-0.3, -0.25) is 4.79 Å². The normalized spacial score (nSPS) is 12.3. The Morgan fingerprint density at radius 1 is 1.56 bits per heavy atom. The molecular weight excluding hydrogens is 230 g/mol.